The highest BCUT2D eigenvalue weighted by molar-refractivity contribution is 9.13. The summed E-state index contributed by atoms with van der Waals surface area (Å²) in [6.07, 6.45) is 0. The molecule has 72 valence electrons. The van der Waals surface area contributed by atoms with Crippen LogP contribution in [0.2, 0.25) is 0 Å². The van der Waals surface area contributed by atoms with Crippen molar-refractivity contribution < 1.29 is 0 Å². The van der Waals surface area contributed by atoms with Crippen LogP contribution in [-0.2, 0) is 0 Å². The molecule has 0 amide bonds. The third kappa shape index (κ3) is 1.29. The van der Waals surface area contributed by atoms with Gasteiger partial charge in [0.1, 0.15) is 0 Å². The third-order valence-corrected chi connectivity index (χ3v) is 4.35. The van der Waals surface area contributed by atoms with Gasteiger partial charge in [-0.1, -0.05) is 24.3 Å². The second-order valence-corrected chi connectivity index (χ2v) is 4.59. The number of nitrogens with two attached hydrogens (primary N) is 2. The van der Waals surface area contributed by atoms with E-state index in [-0.39, 0.29) is 0 Å². The second-order valence-electron chi connectivity index (χ2n) is 3.00. The average Bonchev–Trinajstić information content (AvgIpc) is 2.23. The summed E-state index contributed by atoms with van der Waals surface area (Å²) in [5, 5.41) is 2.03. The van der Waals surface area contributed by atoms with Crippen LogP contribution in [-0.4, -0.2) is 0 Å². The summed E-state index contributed by atoms with van der Waals surface area (Å²) in [4.78, 5) is 0. The molecule has 0 aliphatic carbocycles. The highest BCUT2D eigenvalue weighted by atomic mass is 79.9. The van der Waals surface area contributed by atoms with Gasteiger partial charge in [0.25, 0.3) is 0 Å². The number of anilines is 2. The number of hydrogen-bond donors (Lipinski definition) is 2. The maximum Gasteiger partial charge on any atom is 0.0710 e. The largest absolute Gasteiger partial charge is 0.397 e. The highest BCUT2D eigenvalue weighted by Crippen LogP contribution is 2.40. The van der Waals surface area contributed by atoms with E-state index in [0.29, 0.717) is 11.4 Å². The van der Waals surface area contributed by atoms with Gasteiger partial charge in [-0.25, -0.2) is 0 Å². The van der Waals surface area contributed by atoms with E-state index < -0.39 is 0 Å². The normalized spacial score (nSPS) is 10.7. The molecule has 0 atom stereocenters. The van der Waals surface area contributed by atoms with Crippen LogP contribution >= 0.6 is 31.9 Å². The number of hydrogen-bond acceptors (Lipinski definition) is 2. The third-order valence-electron chi connectivity index (χ3n) is 2.17. The number of rotatable bonds is 0. The Morgan fingerprint density at radius 2 is 1.36 bits per heavy atom. The van der Waals surface area contributed by atoms with Gasteiger partial charge in [-0.3, -0.25) is 0 Å². The maximum atomic E-state index is 5.91. The van der Waals surface area contributed by atoms with Crippen LogP contribution in [0.3, 0.4) is 0 Å². The molecular formula is C10H8Br2N2. The van der Waals surface area contributed by atoms with E-state index in [1.54, 1.807) is 0 Å². The molecule has 2 aromatic rings. The fourth-order valence-corrected chi connectivity index (χ4v) is 2.40. The molecule has 4 N–H and O–H groups in total. The lowest BCUT2D eigenvalue weighted by atomic mass is 10.1. The van der Waals surface area contributed by atoms with Crippen molar-refractivity contribution >= 4 is 54.0 Å². The molecule has 2 aromatic carbocycles. The number of fused-ring (bicyclic) bond motifs is 1. The van der Waals surface area contributed by atoms with Crippen LogP contribution in [0.1, 0.15) is 0 Å². The SMILES string of the molecule is Nc1c(Br)c(Br)c2ccccc2c1N. The van der Waals surface area contributed by atoms with Crippen LogP contribution in [0, 0.1) is 0 Å². The van der Waals surface area contributed by atoms with Gasteiger partial charge in [0.2, 0.25) is 0 Å². The zero-order chi connectivity index (χ0) is 10.3. The molecule has 2 nitrogen and oxygen atoms in total. The zero-order valence-corrected chi connectivity index (χ0v) is 10.4. The molecule has 0 saturated carbocycles. The summed E-state index contributed by atoms with van der Waals surface area (Å²) in [5.74, 6) is 0. The van der Waals surface area contributed by atoms with E-state index in [9.17, 15) is 0 Å². The van der Waals surface area contributed by atoms with E-state index >= 15 is 0 Å². The van der Waals surface area contributed by atoms with E-state index in [0.717, 1.165) is 19.7 Å². The Kier molecular flexibility index (Phi) is 2.41. The van der Waals surface area contributed by atoms with Gasteiger partial charge in [-0.2, -0.15) is 0 Å². The standard InChI is InChI=1S/C10H8Br2N2/c11-7-5-3-1-2-4-6(5)9(13)10(14)8(7)12/h1-4H,13-14H2. The lowest BCUT2D eigenvalue weighted by molar-refractivity contribution is 1.62. The van der Waals surface area contributed by atoms with Gasteiger partial charge in [0.15, 0.2) is 0 Å². The van der Waals surface area contributed by atoms with Crippen molar-refractivity contribution in [1.82, 2.24) is 0 Å². The van der Waals surface area contributed by atoms with Crippen LogP contribution in [0.5, 0.6) is 0 Å². The van der Waals surface area contributed by atoms with Crippen molar-refractivity contribution in [3.63, 3.8) is 0 Å². The van der Waals surface area contributed by atoms with Crippen LogP contribution in [0.25, 0.3) is 10.8 Å². The molecule has 4 heteroatoms. The van der Waals surface area contributed by atoms with Crippen LogP contribution in [0.15, 0.2) is 33.2 Å². The zero-order valence-electron chi connectivity index (χ0n) is 7.22. The van der Waals surface area contributed by atoms with Crippen LogP contribution < -0.4 is 11.5 Å². The first-order chi connectivity index (χ1) is 6.63. The molecule has 0 spiro atoms. The summed E-state index contributed by atoms with van der Waals surface area (Å²) in [6.45, 7) is 0. The van der Waals surface area contributed by atoms with Crippen molar-refractivity contribution in [2.45, 2.75) is 0 Å². The molecule has 0 aliphatic rings. The fourth-order valence-electron chi connectivity index (χ4n) is 1.41. The second kappa shape index (κ2) is 3.44. The molecule has 0 unspecified atom stereocenters. The van der Waals surface area contributed by atoms with E-state index in [2.05, 4.69) is 31.9 Å². The molecule has 0 saturated heterocycles. The smallest absolute Gasteiger partial charge is 0.0710 e. The maximum absolute atomic E-state index is 5.91. The Morgan fingerprint density at radius 3 is 2.00 bits per heavy atom. The summed E-state index contributed by atoms with van der Waals surface area (Å²) < 4.78 is 1.76. The quantitative estimate of drug-likeness (QED) is 0.731. The van der Waals surface area contributed by atoms with Gasteiger partial charge in [-0.15, -0.1) is 0 Å². The van der Waals surface area contributed by atoms with Crippen molar-refractivity contribution in [3.05, 3.63) is 33.2 Å². The first kappa shape index (κ1) is 9.80. The number of halogens is 2. The molecule has 0 fully saturated rings. The average molecular weight is 316 g/mol. The Bertz CT molecular complexity index is 462. The Labute approximate surface area is 98.5 Å². The van der Waals surface area contributed by atoms with Crippen molar-refractivity contribution in [1.29, 1.82) is 0 Å². The number of nitrogen functional groups attached to an aromatic ring is 2. The monoisotopic (exact) mass is 314 g/mol. The van der Waals surface area contributed by atoms with Gasteiger partial charge < -0.3 is 11.5 Å². The van der Waals surface area contributed by atoms with Crippen LogP contribution in [0.4, 0.5) is 11.4 Å². The van der Waals surface area contributed by atoms with Gasteiger partial charge >= 0.3 is 0 Å². The molecule has 0 bridgehead atoms. The highest BCUT2D eigenvalue weighted by Gasteiger charge is 2.11. The Hall–Kier alpha value is -0.740. The minimum absolute atomic E-state index is 0.579. The van der Waals surface area contributed by atoms with Gasteiger partial charge in [-0.05, 0) is 37.2 Å². The first-order valence-electron chi connectivity index (χ1n) is 4.03. The number of benzene rings is 2. The lowest BCUT2D eigenvalue weighted by Gasteiger charge is -2.10. The summed E-state index contributed by atoms with van der Waals surface area (Å²) >= 11 is 6.88. The predicted octanol–water partition coefficient (Wildman–Crippen LogP) is 3.53. The molecule has 0 heterocycles. The predicted molar refractivity (Wildman–Crippen MR) is 68.2 cm³/mol. The van der Waals surface area contributed by atoms with Crippen molar-refractivity contribution in [2.24, 2.45) is 0 Å². The van der Waals surface area contributed by atoms with E-state index in [1.165, 1.54) is 0 Å². The summed E-state index contributed by atoms with van der Waals surface area (Å²) in [6, 6.07) is 7.87. The minimum atomic E-state index is 0.579. The Morgan fingerprint density at radius 1 is 0.786 bits per heavy atom. The van der Waals surface area contributed by atoms with Gasteiger partial charge in [0.05, 0.1) is 15.8 Å². The molecular weight excluding hydrogens is 308 g/mol. The lowest BCUT2D eigenvalue weighted by Crippen LogP contribution is -1.97. The molecule has 14 heavy (non-hydrogen) atoms. The summed E-state index contributed by atoms with van der Waals surface area (Å²) in [5.41, 5.74) is 13.0. The molecule has 0 aliphatic heterocycles. The Balaban J connectivity index is 3.02. The van der Waals surface area contributed by atoms with Crippen molar-refractivity contribution in [2.75, 3.05) is 11.5 Å². The van der Waals surface area contributed by atoms with Gasteiger partial charge in [0, 0.05) is 9.86 Å². The topological polar surface area (TPSA) is 52.0 Å². The van der Waals surface area contributed by atoms with E-state index in [1.807, 2.05) is 24.3 Å². The molecule has 0 aromatic heterocycles. The molecule has 0 radical (unpaired) electrons. The minimum Gasteiger partial charge on any atom is -0.397 e. The fraction of sp³-hybridized carbons (Fsp3) is 0. The molecule has 2 rings (SSSR count). The van der Waals surface area contributed by atoms with Crippen molar-refractivity contribution in [3.8, 4) is 0 Å². The summed E-state index contributed by atoms with van der Waals surface area (Å²) in [7, 11) is 0. The van der Waals surface area contributed by atoms with E-state index in [4.69, 9.17) is 11.5 Å². The first-order valence-corrected chi connectivity index (χ1v) is 5.62.